The van der Waals surface area contributed by atoms with E-state index >= 15 is 0 Å². The van der Waals surface area contributed by atoms with Gasteiger partial charge in [0.15, 0.2) is 5.67 Å². The van der Waals surface area contributed by atoms with Crippen LogP contribution in [-0.4, -0.2) is 71.3 Å². The normalized spacial score (nSPS) is 24.9. The van der Waals surface area contributed by atoms with Crippen LogP contribution in [0.1, 0.15) is 41.6 Å². The Bertz CT molecular complexity index is 1000. The molecule has 4 amide bonds. The van der Waals surface area contributed by atoms with Gasteiger partial charge in [0, 0.05) is 44.7 Å². The third-order valence-corrected chi connectivity index (χ3v) is 6.57. The molecule has 8 nitrogen and oxygen atoms in total. The molecular weight excluding hydrogens is 410 g/mol. The fourth-order valence-corrected chi connectivity index (χ4v) is 4.58. The van der Waals surface area contributed by atoms with Gasteiger partial charge in [-0.3, -0.25) is 24.5 Å². The third-order valence-electron chi connectivity index (χ3n) is 6.57. The van der Waals surface area contributed by atoms with Crippen LogP contribution in [0.2, 0.25) is 0 Å². The number of alkyl halides is 1. The average molecular weight is 432 g/mol. The Morgan fingerprint density at radius 3 is 2.45 bits per heavy atom. The molecule has 0 aromatic heterocycles. The predicted octanol–water partition coefficient (Wildman–Crippen LogP) is 0.737. The maximum absolute atomic E-state index is 14.9. The van der Waals surface area contributed by atoms with Crippen LogP contribution < -0.4 is 10.2 Å². The highest BCUT2D eigenvalue weighted by molar-refractivity contribution is 6.05. The van der Waals surface area contributed by atoms with Crippen LogP contribution in [0.5, 0.6) is 0 Å². The largest absolute Gasteiger partial charge is 0.366 e. The first kappa shape index (κ1) is 19.9. The molecule has 0 radical (unpaired) electrons. The molecule has 1 unspecified atom stereocenters. The van der Waals surface area contributed by atoms with Crippen molar-refractivity contribution in [3.63, 3.8) is 0 Å². The van der Waals surface area contributed by atoms with Gasteiger partial charge in [-0.15, -0.1) is 0 Å². The van der Waals surface area contributed by atoms with Crippen LogP contribution in [0.25, 0.3) is 0 Å². The summed E-state index contributed by atoms with van der Waals surface area (Å²) in [6, 6.07) is 2.05. The number of piperidine rings is 1. The van der Waals surface area contributed by atoms with E-state index in [2.05, 4.69) is 5.32 Å². The number of nitrogens with zero attached hydrogens (tertiary/aromatic N) is 3. The van der Waals surface area contributed by atoms with Gasteiger partial charge in [0.25, 0.3) is 11.8 Å². The van der Waals surface area contributed by atoms with Gasteiger partial charge < -0.3 is 14.7 Å². The number of carbonyl (C=O) groups is 4. The Morgan fingerprint density at radius 1 is 1.10 bits per heavy atom. The first-order valence-corrected chi connectivity index (χ1v) is 10.5. The van der Waals surface area contributed by atoms with Crippen molar-refractivity contribution >= 4 is 29.3 Å². The predicted molar refractivity (Wildman–Crippen MR) is 104 cm³/mol. The maximum atomic E-state index is 14.9. The Kier molecular flexibility index (Phi) is 4.49. The van der Waals surface area contributed by atoms with Crippen LogP contribution in [0.3, 0.4) is 0 Å². The Morgan fingerprint density at radius 2 is 1.81 bits per heavy atom. The zero-order valence-electron chi connectivity index (χ0n) is 16.8. The van der Waals surface area contributed by atoms with Gasteiger partial charge in [-0.05, 0) is 37.0 Å². The number of nitrogens with one attached hydrogen (secondary N) is 1. The number of halogens is 2. The SMILES string of the molecule is O=C1CCC(N2Cc3cc(N4CCN(C(=O)C5(F)CC5)CC4)c(F)cc3C2=O)C(=O)N1. The Labute approximate surface area is 177 Å². The number of amides is 4. The lowest BCUT2D eigenvalue weighted by molar-refractivity contribution is -0.138. The summed E-state index contributed by atoms with van der Waals surface area (Å²) in [5.74, 6) is -2.34. The second-order valence-electron chi connectivity index (χ2n) is 8.61. The van der Waals surface area contributed by atoms with Crippen LogP contribution in [0.15, 0.2) is 12.1 Å². The van der Waals surface area contributed by atoms with Crippen molar-refractivity contribution in [2.75, 3.05) is 31.1 Å². The molecule has 1 N–H and O–H groups in total. The van der Waals surface area contributed by atoms with Crippen LogP contribution in [0, 0.1) is 5.82 Å². The van der Waals surface area contributed by atoms with E-state index in [1.165, 1.54) is 15.9 Å². The number of rotatable bonds is 3. The molecule has 3 heterocycles. The van der Waals surface area contributed by atoms with Crippen molar-refractivity contribution in [2.45, 2.75) is 43.9 Å². The summed E-state index contributed by atoms with van der Waals surface area (Å²) in [5.41, 5.74) is -0.552. The van der Waals surface area contributed by atoms with Crippen LogP contribution in [-0.2, 0) is 20.9 Å². The number of hydrogen-bond donors (Lipinski definition) is 1. The number of anilines is 1. The zero-order chi connectivity index (χ0) is 21.9. The number of imide groups is 1. The van der Waals surface area contributed by atoms with Gasteiger partial charge in [0.2, 0.25) is 11.8 Å². The number of hydrogen-bond acceptors (Lipinski definition) is 5. The molecule has 4 aliphatic rings. The minimum atomic E-state index is -1.71. The first-order valence-electron chi connectivity index (χ1n) is 10.5. The number of piperazine rings is 1. The van der Waals surface area contributed by atoms with E-state index in [1.54, 1.807) is 11.0 Å². The number of benzene rings is 1. The lowest BCUT2D eigenvalue weighted by atomic mass is 10.0. The second kappa shape index (κ2) is 7.00. The molecule has 1 aromatic rings. The summed E-state index contributed by atoms with van der Waals surface area (Å²) < 4.78 is 28.9. The monoisotopic (exact) mass is 432 g/mol. The number of fused-ring (bicyclic) bond motifs is 1. The molecule has 0 spiro atoms. The quantitative estimate of drug-likeness (QED) is 0.712. The molecule has 1 saturated carbocycles. The summed E-state index contributed by atoms with van der Waals surface area (Å²) >= 11 is 0. The molecule has 164 valence electrons. The third kappa shape index (κ3) is 3.34. The second-order valence-corrected chi connectivity index (χ2v) is 8.61. The molecular formula is C21H22F2N4O4. The summed E-state index contributed by atoms with van der Waals surface area (Å²) in [6.07, 6.45) is 0.928. The van der Waals surface area contributed by atoms with Crippen molar-refractivity contribution in [1.82, 2.24) is 15.1 Å². The van der Waals surface area contributed by atoms with Crippen molar-refractivity contribution < 1.29 is 28.0 Å². The van der Waals surface area contributed by atoms with Gasteiger partial charge in [-0.2, -0.15) is 0 Å². The van der Waals surface area contributed by atoms with Gasteiger partial charge >= 0.3 is 0 Å². The zero-order valence-corrected chi connectivity index (χ0v) is 16.8. The van der Waals surface area contributed by atoms with Gasteiger partial charge in [-0.1, -0.05) is 0 Å². The fourth-order valence-electron chi connectivity index (χ4n) is 4.58. The van der Waals surface area contributed by atoms with E-state index in [0.29, 0.717) is 37.4 Å². The molecule has 0 bridgehead atoms. The van der Waals surface area contributed by atoms with Crippen molar-refractivity contribution in [3.8, 4) is 0 Å². The van der Waals surface area contributed by atoms with E-state index < -0.39 is 35.2 Å². The minimum Gasteiger partial charge on any atom is -0.366 e. The number of carbonyl (C=O) groups excluding carboxylic acids is 4. The van der Waals surface area contributed by atoms with E-state index in [1.807, 2.05) is 0 Å². The highest BCUT2D eigenvalue weighted by atomic mass is 19.1. The van der Waals surface area contributed by atoms with Crippen molar-refractivity contribution in [3.05, 3.63) is 29.1 Å². The lowest BCUT2D eigenvalue weighted by Crippen LogP contribution is -2.52. The fraction of sp³-hybridized carbons (Fsp3) is 0.524. The molecule has 10 heteroatoms. The van der Waals surface area contributed by atoms with Crippen molar-refractivity contribution in [2.24, 2.45) is 0 Å². The molecule has 3 aliphatic heterocycles. The van der Waals surface area contributed by atoms with E-state index in [0.717, 1.165) is 0 Å². The molecule has 1 aromatic carbocycles. The Hall–Kier alpha value is -3.04. The maximum Gasteiger partial charge on any atom is 0.260 e. The summed E-state index contributed by atoms with van der Waals surface area (Å²) in [5, 5.41) is 2.24. The first-order chi connectivity index (χ1) is 14.8. The van der Waals surface area contributed by atoms with Gasteiger partial charge in [0.05, 0.1) is 5.69 Å². The summed E-state index contributed by atoms with van der Waals surface area (Å²) in [6.45, 7) is 1.51. The van der Waals surface area contributed by atoms with E-state index in [-0.39, 0.29) is 43.7 Å². The molecule has 3 fully saturated rings. The smallest absolute Gasteiger partial charge is 0.260 e. The van der Waals surface area contributed by atoms with Gasteiger partial charge in [-0.25, -0.2) is 8.78 Å². The standard InChI is InChI=1S/C21H22F2N4O4/c22-14-10-13-12(11-27(19(13)30)15-1-2-17(28)24-18(15)29)9-16(14)25-5-7-26(8-6-25)20(31)21(23)3-4-21/h9-10,15H,1-8,11H2,(H,24,28,29). The minimum absolute atomic E-state index is 0.152. The van der Waals surface area contributed by atoms with Crippen molar-refractivity contribution in [1.29, 1.82) is 0 Å². The molecule has 1 atom stereocenters. The van der Waals surface area contributed by atoms with E-state index in [9.17, 15) is 28.0 Å². The van der Waals surface area contributed by atoms with Gasteiger partial charge in [0.1, 0.15) is 11.9 Å². The highest BCUT2D eigenvalue weighted by Crippen LogP contribution is 2.41. The average Bonchev–Trinajstić information content (AvgIpc) is 3.43. The molecule has 1 aliphatic carbocycles. The van der Waals surface area contributed by atoms with Crippen LogP contribution >= 0.6 is 0 Å². The highest BCUT2D eigenvalue weighted by Gasteiger charge is 2.53. The lowest BCUT2D eigenvalue weighted by Gasteiger charge is -2.37. The topological polar surface area (TPSA) is 90.0 Å². The summed E-state index contributed by atoms with van der Waals surface area (Å²) in [4.78, 5) is 53.2. The molecule has 31 heavy (non-hydrogen) atoms. The molecule has 5 rings (SSSR count). The van der Waals surface area contributed by atoms with E-state index in [4.69, 9.17) is 0 Å². The van der Waals surface area contributed by atoms with Crippen LogP contribution in [0.4, 0.5) is 14.5 Å². The Balaban J connectivity index is 1.31. The summed E-state index contributed by atoms with van der Waals surface area (Å²) in [7, 11) is 0. The molecule has 2 saturated heterocycles.